The van der Waals surface area contributed by atoms with Gasteiger partial charge >= 0.3 is 0 Å². The topological polar surface area (TPSA) is 76.5 Å². The van der Waals surface area contributed by atoms with Gasteiger partial charge in [0.15, 0.2) is 10.8 Å². The first-order valence-electron chi connectivity index (χ1n) is 6.15. The third-order valence-corrected chi connectivity index (χ3v) is 3.77. The molecular formula is C14H11N5OS. The minimum absolute atomic E-state index is 0.233. The van der Waals surface area contributed by atoms with Crippen molar-refractivity contribution in [2.45, 2.75) is 5.16 Å². The number of para-hydroxylation sites is 1. The summed E-state index contributed by atoms with van der Waals surface area (Å²) in [4.78, 5) is 21.1. The Kier molecular flexibility index (Phi) is 3.23. The van der Waals surface area contributed by atoms with Crippen molar-refractivity contribution in [3.63, 3.8) is 0 Å². The molecular weight excluding hydrogens is 286 g/mol. The van der Waals surface area contributed by atoms with Crippen LogP contribution in [0.25, 0.3) is 16.7 Å². The van der Waals surface area contributed by atoms with Gasteiger partial charge in [0.05, 0.1) is 11.3 Å². The molecule has 0 radical (unpaired) electrons. The van der Waals surface area contributed by atoms with Gasteiger partial charge in [-0.05, 0) is 18.4 Å². The Morgan fingerprint density at radius 2 is 2.10 bits per heavy atom. The molecule has 104 valence electrons. The van der Waals surface area contributed by atoms with Crippen molar-refractivity contribution in [2.24, 2.45) is 7.05 Å². The van der Waals surface area contributed by atoms with Gasteiger partial charge in [0, 0.05) is 13.2 Å². The first-order chi connectivity index (χ1) is 10.2. The van der Waals surface area contributed by atoms with Gasteiger partial charge in [-0.2, -0.15) is 5.26 Å². The van der Waals surface area contributed by atoms with Crippen molar-refractivity contribution in [1.82, 2.24) is 19.3 Å². The Hall–Kier alpha value is -2.59. The van der Waals surface area contributed by atoms with Crippen molar-refractivity contribution in [2.75, 3.05) is 6.26 Å². The van der Waals surface area contributed by atoms with E-state index in [2.05, 4.69) is 16.0 Å². The number of aryl methyl sites for hydroxylation is 1. The highest BCUT2D eigenvalue weighted by Crippen LogP contribution is 2.17. The maximum Gasteiger partial charge on any atom is 0.282 e. The number of rotatable bonds is 2. The molecule has 0 aliphatic carbocycles. The predicted octanol–water partition coefficient (Wildman–Crippen LogP) is 1.71. The zero-order chi connectivity index (χ0) is 15.0. The van der Waals surface area contributed by atoms with Crippen LogP contribution in [0.3, 0.4) is 0 Å². The number of nitriles is 1. The summed E-state index contributed by atoms with van der Waals surface area (Å²) in [5, 5.41) is 10.2. The van der Waals surface area contributed by atoms with Gasteiger partial charge in [0.1, 0.15) is 11.5 Å². The largest absolute Gasteiger partial charge is 0.282 e. The highest BCUT2D eigenvalue weighted by molar-refractivity contribution is 7.98. The average Bonchev–Trinajstić information content (AvgIpc) is 2.78. The number of nitrogens with zero attached hydrogens (tertiary/aromatic N) is 5. The number of thioether (sulfide) groups is 1. The number of fused-ring (bicyclic) bond motifs is 1. The van der Waals surface area contributed by atoms with Crippen LogP contribution in [0.2, 0.25) is 0 Å². The molecule has 0 fully saturated rings. The van der Waals surface area contributed by atoms with Crippen molar-refractivity contribution in [1.29, 1.82) is 5.26 Å². The minimum atomic E-state index is -0.233. The molecule has 7 heteroatoms. The zero-order valence-corrected chi connectivity index (χ0v) is 12.3. The molecule has 0 saturated heterocycles. The molecule has 1 aromatic carbocycles. The Morgan fingerprint density at radius 3 is 2.81 bits per heavy atom. The molecule has 0 unspecified atom stereocenters. The van der Waals surface area contributed by atoms with Crippen LogP contribution in [0.5, 0.6) is 0 Å². The second-order valence-corrected chi connectivity index (χ2v) is 5.14. The van der Waals surface area contributed by atoms with Crippen molar-refractivity contribution >= 4 is 22.8 Å². The van der Waals surface area contributed by atoms with Crippen LogP contribution in [0, 0.1) is 11.3 Å². The molecule has 0 bridgehead atoms. The standard InChI is InChI=1S/C14H11N5OS/c1-18-12-10(8-16-14(17-12)21-2)13(20)19(18)11-6-4-3-5-9(11)7-15/h3-6,8H,1-2H3. The first kappa shape index (κ1) is 13.4. The SMILES string of the molecule is CSc1ncc2c(=O)n(-c3ccccc3C#N)n(C)c2n1. The van der Waals surface area contributed by atoms with E-state index in [1.807, 2.05) is 6.26 Å². The summed E-state index contributed by atoms with van der Waals surface area (Å²) in [6, 6.07) is 9.08. The molecule has 0 aliphatic rings. The average molecular weight is 297 g/mol. The fourth-order valence-electron chi connectivity index (χ4n) is 2.22. The van der Waals surface area contributed by atoms with Gasteiger partial charge in [-0.3, -0.25) is 9.48 Å². The van der Waals surface area contributed by atoms with E-state index in [9.17, 15) is 10.1 Å². The quantitative estimate of drug-likeness (QED) is 0.531. The van der Waals surface area contributed by atoms with E-state index in [0.717, 1.165) is 0 Å². The molecule has 0 atom stereocenters. The second kappa shape index (κ2) is 5.07. The lowest BCUT2D eigenvalue weighted by molar-refractivity contribution is 0.657. The van der Waals surface area contributed by atoms with Crippen LogP contribution < -0.4 is 5.56 Å². The number of aromatic nitrogens is 4. The maximum absolute atomic E-state index is 12.6. The Morgan fingerprint density at radius 1 is 1.33 bits per heavy atom. The van der Waals surface area contributed by atoms with E-state index in [1.54, 1.807) is 36.0 Å². The smallest absolute Gasteiger partial charge is 0.267 e. The van der Waals surface area contributed by atoms with E-state index in [1.165, 1.54) is 22.6 Å². The third-order valence-electron chi connectivity index (χ3n) is 3.21. The van der Waals surface area contributed by atoms with Gasteiger partial charge in [-0.15, -0.1) is 0 Å². The van der Waals surface area contributed by atoms with Crippen molar-refractivity contribution in [3.8, 4) is 11.8 Å². The van der Waals surface area contributed by atoms with Gasteiger partial charge in [-0.1, -0.05) is 23.9 Å². The van der Waals surface area contributed by atoms with Crippen LogP contribution in [0.1, 0.15) is 5.56 Å². The molecule has 2 heterocycles. The third kappa shape index (κ3) is 2.00. The minimum Gasteiger partial charge on any atom is -0.267 e. The van der Waals surface area contributed by atoms with E-state index in [-0.39, 0.29) is 5.56 Å². The summed E-state index contributed by atoms with van der Waals surface area (Å²) in [6.07, 6.45) is 3.41. The summed E-state index contributed by atoms with van der Waals surface area (Å²) in [7, 11) is 1.75. The predicted molar refractivity (Wildman–Crippen MR) is 80.6 cm³/mol. The first-order valence-corrected chi connectivity index (χ1v) is 7.38. The number of benzene rings is 1. The Bertz CT molecular complexity index is 935. The Balaban J connectivity index is 2.39. The highest BCUT2D eigenvalue weighted by atomic mass is 32.2. The molecule has 2 aromatic heterocycles. The van der Waals surface area contributed by atoms with Gasteiger partial charge in [-0.25, -0.2) is 14.6 Å². The number of hydrogen-bond donors (Lipinski definition) is 0. The van der Waals surface area contributed by atoms with Gasteiger partial charge < -0.3 is 0 Å². The van der Waals surface area contributed by atoms with Crippen LogP contribution in [0.4, 0.5) is 0 Å². The van der Waals surface area contributed by atoms with E-state index in [4.69, 9.17) is 0 Å². The monoisotopic (exact) mass is 297 g/mol. The molecule has 3 aromatic rings. The lowest BCUT2D eigenvalue weighted by atomic mass is 10.2. The lowest BCUT2D eigenvalue weighted by Crippen LogP contribution is -2.20. The molecule has 0 aliphatic heterocycles. The van der Waals surface area contributed by atoms with E-state index in [0.29, 0.717) is 27.4 Å². The molecule has 3 rings (SSSR count). The van der Waals surface area contributed by atoms with Crippen LogP contribution in [0.15, 0.2) is 40.4 Å². The summed E-state index contributed by atoms with van der Waals surface area (Å²) >= 11 is 1.41. The second-order valence-electron chi connectivity index (χ2n) is 4.36. The van der Waals surface area contributed by atoms with Crippen LogP contribution in [-0.2, 0) is 7.05 Å². The Labute approximate surface area is 124 Å². The molecule has 0 amide bonds. The highest BCUT2D eigenvalue weighted by Gasteiger charge is 2.16. The van der Waals surface area contributed by atoms with Crippen molar-refractivity contribution < 1.29 is 0 Å². The van der Waals surface area contributed by atoms with Crippen molar-refractivity contribution in [3.05, 3.63) is 46.4 Å². The summed E-state index contributed by atoms with van der Waals surface area (Å²) in [5.41, 5.74) is 1.29. The van der Waals surface area contributed by atoms with Gasteiger partial charge in [0.25, 0.3) is 5.56 Å². The van der Waals surface area contributed by atoms with E-state index < -0.39 is 0 Å². The molecule has 6 nitrogen and oxygen atoms in total. The summed E-state index contributed by atoms with van der Waals surface area (Å²) < 4.78 is 3.09. The fourth-order valence-corrected chi connectivity index (χ4v) is 2.56. The van der Waals surface area contributed by atoms with Crippen LogP contribution in [-0.4, -0.2) is 25.6 Å². The summed E-state index contributed by atoms with van der Waals surface area (Å²) in [6.45, 7) is 0. The molecule has 0 N–H and O–H groups in total. The lowest BCUT2D eigenvalue weighted by Gasteiger charge is -2.08. The normalized spacial score (nSPS) is 10.7. The van der Waals surface area contributed by atoms with E-state index >= 15 is 0 Å². The zero-order valence-electron chi connectivity index (χ0n) is 11.4. The molecule has 0 saturated carbocycles. The molecule has 21 heavy (non-hydrogen) atoms. The molecule has 0 spiro atoms. The fraction of sp³-hybridized carbons (Fsp3) is 0.143. The van der Waals surface area contributed by atoms with Gasteiger partial charge in [0.2, 0.25) is 0 Å². The summed E-state index contributed by atoms with van der Waals surface area (Å²) in [5.74, 6) is 0. The number of hydrogen-bond acceptors (Lipinski definition) is 5. The van der Waals surface area contributed by atoms with Crippen LogP contribution >= 0.6 is 11.8 Å². The maximum atomic E-state index is 12.6.